The lowest BCUT2D eigenvalue weighted by atomic mass is 10.1. The van der Waals surface area contributed by atoms with Crippen LogP contribution in [-0.2, 0) is 11.5 Å². The number of aromatic nitrogens is 2. The first-order chi connectivity index (χ1) is 10.8. The summed E-state index contributed by atoms with van der Waals surface area (Å²) in [6.45, 7) is 7.38. The van der Waals surface area contributed by atoms with Gasteiger partial charge in [-0.3, -0.25) is 0 Å². The van der Waals surface area contributed by atoms with Crippen molar-refractivity contribution in [3.63, 3.8) is 0 Å². The third-order valence-electron chi connectivity index (χ3n) is 3.41. The summed E-state index contributed by atoms with van der Waals surface area (Å²) in [5.74, 6) is -1.57. The lowest BCUT2D eigenvalue weighted by Crippen LogP contribution is -2.22. The van der Waals surface area contributed by atoms with E-state index in [1.54, 1.807) is 12.1 Å². The number of carboxylic acids is 1. The molecular weight excluding hydrogens is 315 g/mol. The Labute approximate surface area is 135 Å². The maximum atomic E-state index is 14.4. The van der Waals surface area contributed by atoms with Gasteiger partial charge in [0.2, 0.25) is 5.95 Å². The van der Waals surface area contributed by atoms with E-state index in [1.807, 2.05) is 0 Å². The lowest BCUT2D eigenvalue weighted by Gasteiger charge is -2.15. The number of carbonyl (C=O) groups is 1. The van der Waals surface area contributed by atoms with Gasteiger partial charge >= 0.3 is 5.97 Å². The van der Waals surface area contributed by atoms with Crippen LogP contribution in [0.15, 0.2) is 30.5 Å². The highest BCUT2D eigenvalue weighted by atomic mass is 28.3. The first-order valence-corrected chi connectivity index (χ1v) is 11.1. The van der Waals surface area contributed by atoms with Gasteiger partial charge in [-0.15, -0.1) is 0 Å². The fourth-order valence-corrected chi connectivity index (χ4v) is 2.76. The summed E-state index contributed by atoms with van der Waals surface area (Å²) in [7, 11) is -1.18. The number of hydrogen-bond acceptors (Lipinski definition) is 3. The molecule has 2 aromatic rings. The number of halogens is 1. The van der Waals surface area contributed by atoms with Crippen LogP contribution in [0.1, 0.15) is 10.4 Å². The van der Waals surface area contributed by atoms with Crippen molar-refractivity contribution in [2.24, 2.45) is 0 Å². The molecule has 0 radical (unpaired) electrons. The highest BCUT2D eigenvalue weighted by Crippen LogP contribution is 2.23. The van der Waals surface area contributed by atoms with Crippen molar-refractivity contribution in [1.29, 1.82) is 0 Å². The summed E-state index contributed by atoms with van der Waals surface area (Å²) in [5.41, 5.74) is 0.860. The zero-order valence-corrected chi connectivity index (χ0v) is 14.5. The van der Waals surface area contributed by atoms with Crippen LogP contribution in [0.5, 0.6) is 0 Å². The summed E-state index contributed by atoms with van der Waals surface area (Å²) in [6.07, 6.45) is 1.39. The standard InChI is InChI=1S/C16H21FN2O3Si/c1-23(2,3)8-7-22-11-19-15(17)14(10-18-19)12-5-4-6-13(9-12)16(20)21/h4-6,9-10H,7-8,11H2,1-3H3,(H,20,21). The SMILES string of the molecule is C[Si](C)(C)CCOCn1ncc(-c2cccc(C(=O)O)c2)c1F. The van der Waals surface area contributed by atoms with Crippen LogP contribution in [0.3, 0.4) is 0 Å². The van der Waals surface area contributed by atoms with E-state index in [1.165, 1.54) is 18.3 Å². The lowest BCUT2D eigenvalue weighted by molar-refractivity contribution is 0.0694. The van der Waals surface area contributed by atoms with E-state index in [2.05, 4.69) is 24.7 Å². The second-order valence-electron chi connectivity index (χ2n) is 6.58. The van der Waals surface area contributed by atoms with E-state index < -0.39 is 20.0 Å². The van der Waals surface area contributed by atoms with Crippen LogP contribution in [0, 0.1) is 5.95 Å². The summed E-state index contributed by atoms with van der Waals surface area (Å²) in [4.78, 5) is 11.0. The van der Waals surface area contributed by atoms with Gasteiger partial charge in [0.15, 0.2) is 0 Å². The Morgan fingerprint density at radius 3 is 2.78 bits per heavy atom. The van der Waals surface area contributed by atoms with Crippen molar-refractivity contribution in [2.45, 2.75) is 32.4 Å². The average molecular weight is 336 g/mol. The molecule has 1 aromatic carbocycles. The van der Waals surface area contributed by atoms with Gasteiger partial charge < -0.3 is 9.84 Å². The molecule has 0 aliphatic carbocycles. The molecule has 1 heterocycles. The molecular formula is C16H21FN2O3Si. The van der Waals surface area contributed by atoms with Gasteiger partial charge in [-0.1, -0.05) is 31.8 Å². The predicted molar refractivity (Wildman–Crippen MR) is 88.7 cm³/mol. The van der Waals surface area contributed by atoms with Crippen LogP contribution < -0.4 is 0 Å². The van der Waals surface area contributed by atoms with Gasteiger partial charge in [-0.05, 0) is 23.7 Å². The first kappa shape index (κ1) is 17.4. The van der Waals surface area contributed by atoms with E-state index in [-0.39, 0.29) is 17.9 Å². The van der Waals surface area contributed by atoms with Crippen LogP contribution in [0.2, 0.25) is 25.7 Å². The Kier molecular flexibility index (Phi) is 5.33. The molecule has 0 fully saturated rings. The number of nitrogens with zero attached hydrogens (tertiary/aromatic N) is 2. The maximum absolute atomic E-state index is 14.4. The van der Waals surface area contributed by atoms with Gasteiger partial charge in [-0.25, -0.2) is 9.48 Å². The number of ether oxygens (including phenoxy) is 1. The van der Waals surface area contributed by atoms with Crippen LogP contribution in [-0.4, -0.2) is 35.5 Å². The maximum Gasteiger partial charge on any atom is 0.335 e. The van der Waals surface area contributed by atoms with E-state index in [0.717, 1.165) is 10.7 Å². The first-order valence-electron chi connectivity index (χ1n) is 7.41. The molecule has 1 N–H and O–H groups in total. The Bertz CT molecular complexity index is 695. The molecule has 5 nitrogen and oxygen atoms in total. The van der Waals surface area contributed by atoms with Gasteiger partial charge in [0.1, 0.15) is 6.73 Å². The van der Waals surface area contributed by atoms with E-state index in [4.69, 9.17) is 9.84 Å². The largest absolute Gasteiger partial charge is 0.478 e. The monoisotopic (exact) mass is 336 g/mol. The Hall–Kier alpha value is -1.99. The summed E-state index contributed by atoms with van der Waals surface area (Å²) < 4.78 is 21.0. The van der Waals surface area contributed by atoms with Crippen molar-refractivity contribution >= 4 is 14.0 Å². The van der Waals surface area contributed by atoms with Crippen LogP contribution in [0.4, 0.5) is 4.39 Å². The number of hydrogen-bond donors (Lipinski definition) is 1. The Morgan fingerprint density at radius 1 is 1.39 bits per heavy atom. The molecule has 0 bridgehead atoms. The molecule has 0 aliphatic rings. The minimum atomic E-state index is -1.18. The third kappa shape index (κ3) is 4.74. The fraction of sp³-hybridized carbons (Fsp3) is 0.375. The second kappa shape index (κ2) is 7.06. The van der Waals surface area contributed by atoms with Crippen LogP contribution >= 0.6 is 0 Å². The predicted octanol–water partition coefficient (Wildman–Crippen LogP) is 3.70. The molecule has 0 spiro atoms. The van der Waals surface area contributed by atoms with E-state index in [9.17, 15) is 9.18 Å². The van der Waals surface area contributed by atoms with Crippen molar-refractivity contribution in [3.05, 3.63) is 42.0 Å². The van der Waals surface area contributed by atoms with Gasteiger partial charge in [0.25, 0.3) is 0 Å². The third-order valence-corrected chi connectivity index (χ3v) is 5.11. The molecule has 0 aliphatic heterocycles. The minimum absolute atomic E-state index is 0.0505. The molecule has 0 unspecified atom stereocenters. The molecule has 0 atom stereocenters. The molecule has 23 heavy (non-hydrogen) atoms. The van der Waals surface area contributed by atoms with Crippen molar-refractivity contribution < 1.29 is 19.0 Å². The van der Waals surface area contributed by atoms with Gasteiger partial charge in [-0.2, -0.15) is 9.49 Å². The zero-order valence-electron chi connectivity index (χ0n) is 13.5. The van der Waals surface area contributed by atoms with Crippen molar-refractivity contribution in [2.75, 3.05) is 6.61 Å². The average Bonchev–Trinajstić information content (AvgIpc) is 2.84. The van der Waals surface area contributed by atoms with E-state index >= 15 is 0 Å². The molecule has 124 valence electrons. The van der Waals surface area contributed by atoms with Crippen molar-refractivity contribution in [3.8, 4) is 11.1 Å². The summed E-state index contributed by atoms with van der Waals surface area (Å²) in [6, 6.07) is 7.14. The van der Waals surface area contributed by atoms with Crippen molar-refractivity contribution in [1.82, 2.24) is 9.78 Å². The molecule has 2 rings (SSSR count). The number of aromatic carboxylic acids is 1. The van der Waals surface area contributed by atoms with E-state index in [0.29, 0.717) is 12.2 Å². The quantitative estimate of drug-likeness (QED) is 0.618. The Morgan fingerprint density at radius 2 is 2.13 bits per heavy atom. The number of benzene rings is 1. The molecule has 1 aromatic heterocycles. The van der Waals surface area contributed by atoms with Gasteiger partial charge in [0, 0.05) is 14.7 Å². The summed E-state index contributed by atoms with van der Waals surface area (Å²) >= 11 is 0. The molecule has 0 amide bonds. The molecule has 7 heteroatoms. The second-order valence-corrected chi connectivity index (χ2v) is 12.2. The Balaban J connectivity index is 2.07. The van der Waals surface area contributed by atoms with Gasteiger partial charge in [0.05, 0.1) is 17.3 Å². The highest BCUT2D eigenvalue weighted by Gasteiger charge is 2.15. The fourth-order valence-electron chi connectivity index (χ4n) is 2.00. The molecule has 0 saturated carbocycles. The minimum Gasteiger partial charge on any atom is -0.478 e. The number of rotatable bonds is 7. The normalized spacial score (nSPS) is 11.7. The molecule has 0 saturated heterocycles. The number of carboxylic acid groups (broad SMARTS) is 1. The highest BCUT2D eigenvalue weighted by molar-refractivity contribution is 6.76. The van der Waals surface area contributed by atoms with Crippen LogP contribution in [0.25, 0.3) is 11.1 Å². The summed E-state index contributed by atoms with van der Waals surface area (Å²) in [5, 5.41) is 13.0. The topological polar surface area (TPSA) is 64.4 Å². The smallest absolute Gasteiger partial charge is 0.335 e. The zero-order chi connectivity index (χ0) is 17.0.